The molecular formula is C28H35N3O4. The summed E-state index contributed by atoms with van der Waals surface area (Å²) < 4.78 is 0. The van der Waals surface area contributed by atoms with Gasteiger partial charge in [0.1, 0.15) is 0 Å². The first-order valence-electron chi connectivity index (χ1n) is 12.5. The van der Waals surface area contributed by atoms with E-state index in [4.69, 9.17) is 11.5 Å². The van der Waals surface area contributed by atoms with Gasteiger partial charge in [0.25, 0.3) is 0 Å². The number of carboxylic acids is 1. The second kappa shape index (κ2) is 11.1. The number of fused-ring (bicyclic) bond motifs is 1. The molecule has 1 saturated heterocycles. The first-order valence-corrected chi connectivity index (χ1v) is 12.5. The Morgan fingerprint density at radius 1 is 1.06 bits per heavy atom. The van der Waals surface area contributed by atoms with E-state index in [9.17, 15) is 19.5 Å². The number of amides is 1. The molecule has 2 aliphatic rings. The van der Waals surface area contributed by atoms with Crippen LogP contribution in [-0.2, 0) is 40.1 Å². The molecule has 2 unspecified atom stereocenters. The fourth-order valence-corrected chi connectivity index (χ4v) is 5.59. The predicted molar refractivity (Wildman–Crippen MR) is 134 cm³/mol. The molecule has 5 N–H and O–H groups in total. The summed E-state index contributed by atoms with van der Waals surface area (Å²) in [6.45, 7) is 1.11. The number of likely N-dealkylation sites (tertiary alicyclic amines) is 1. The van der Waals surface area contributed by atoms with Crippen molar-refractivity contribution < 1.29 is 19.5 Å². The molecular weight excluding hydrogens is 442 g/mol. The average Bonchev–Trinajstić information content (AvgIpc) is 3.39. The van der Waals surface area contributed by atoms with E-state index in [1.54, 1.807) is 4.90 Å². The summed E-state index contributed by atoms with van der Waals surface area (Å²) in [6.07, 6.45) is 3.69. The molecule has 0 radical (unpaired) electrons. The highest BCUT2D eigenvalue weighted by atomic mass is 16.4. The van der Waals surface area contributed by atoms with Crippen LogP contribution in [0, 0.1) is 11.8 Å². The second-order valence-corrected chi connectivity index (χ2v) is 10.0. The van der Waals surface area contributed by atoms with Crippen molar-refractivity contribution in [2.45, 2.75) is 57.0 Å². The minimum Gasteiger partial charge on any atom is -0.481 e. The van der Waals surface area contributed by atoms with E-state index >= 15 is 0 Å². The molecule has 7 nitrogen and oxygen atoms in total. The van der Waals surface area contributed by atoms with Gasteiger partial charge in [-0.15, -0.1) is 0 Å². The number of benzene rings is 2. The minimum atomic E-state index is -1.01. The van der Waals surface area contributed by atoms with Crippen molar-refractivity contribution >= 4 is 17.7 Å². The molecule has 0 spiro atoms. The molecule has 0 saturated carbocycles. The monoisotopic (exact) mass is 477 g/mol. The van der Waals surface area contributed by atoms with Gasteiger partial charge in [0, 0.05) is 13.0 Å². The Labute approximate surface area is 206 Å². The first kappa shape index (κ1) is 25.1. The van der Waals surface area contributed by atoms with Gasteiger partial charge in [-0.1, -0.05) is 48.5 Å². The molecule has 4 rings (SSSR count). The molecule has 1 aliphatic heterocycles. The van der Waals surface area contributed by atoms with Crippen LogP contribution < -0.4 is 11.5 Å². The van der Waals surface area contributed by atoms with E-state index in [-0.39, 0.29) is 24.5 Å². The zero-order chi connectivity index (χ0) is 24.9. The smallest absolute Gasteiger partial charge is 0.304 e. The standard InChI is InChI=1S/C28H35N3O4/c29-17-20-12-21-9-8-19(11-22(21)13-20)14-25(32)27(30)24-15-23(16-26(33)34)28(35)31(24)10-4-7-18-5-2-1-3-6-18/h1-3,5-6,8-9,11,20,23-24,27H,4,7,10,12-17,29-30H2,(H,33,34)/t20?,23-,24-,27?/m0/s1. The third-order valence-corrected chi connectivity index (χ3v) is 7.47. The Hall–Kier alpha value is -3.03. The maximum absolute atomic E-state index is 13.2. The van der Waals surface area contributed by atoms with Gasteiger partial charge in [0.15, 0.2) is 5.78 Å². The van der Waals surface area contributed by atoms with Gasteiger partial charge < -0.3 is 21.5 Å². The van der Waals surface area contributed by atoms with Crippen LogP contribution in [-0.4, -0.2) is 52.8 Å². The molecule has 0 bridgehead atoms. The summed E-state index contributed by atoms with van der Waals surface area (Å²) >= 11 is 0. The molecule has 186 valence electrons. The maximum atomic E-state index is 13.2. The number of rotatable bonds is 11. The summed E-state index contributed by atoms with van der Waals surface area (Å²) in [5, 5.41) is 9.27. The van der Waals surface area contributed by atoms with E-state index in [1.165, 1.54) is 16.7 Å². The lowest BCUT2D eigenvalue weighted by molar-refractivity contribution is -0.142. The van der Waals surface area contributed by atoms with Crippen molar-refractivity contribution in [3.63, 3.8) is 0 Å². The first-order chi connectivity index (χ1) is 16.9. The maximum Gasteiger partial charge on any atom is 0.304 e. The fraction of sp³-hybridized carbons (Fsp3) is 0.464. The number of hydrogen-bond acceptors (Lipinski definition) is 5. The molecule has 1 heterocycles. The number of Topliss-reactive ketones (excluding diaryl/α,β-unsaturated/α-hetero) is 1. The van der Waals surface area contributed by atoms with Crippen molar-refractivity contribution in [1.82, 2.24) is 4.90 Å². The molecule has 2 aromatic rings. The van der Waals surface area contributed by atoms with E-state index in [0.29, 0.717) is 25.4 Å². The molecule has 35 heavy (non-hydrogen) atoms. The molecule has 1 aliphatic carbocycles. The van der Waals surface area contributed by atoms with E-state index in [0.717, 1.165) is 31.2 Å². The second-order valence-electron chi connectivity index (χ2n) is 10.0. The molecule has 1 amide bonds. The zero-order valence-electron chi connectivity index (χ0n) is 20.1. The van der Waals surface area contributed by atoms with Crippen LogP contribution in [0.15, 0.2) is 48.5 Å². The number of carbonyl (C=O) groups excluding carboxylic acids is 2. The lowest BCUT2D eigenvalue weighted by atomic mass is 9.93. The largest absolute Gasteiger partial charge is 0.481 e. The number of aliphatic carboxylic acids is 1. The van der Waals surface area contributed by atoms with Gasteiger partial charge in [-0.05, 0) is 66.8 Å². The van der Waals surface area contributed by atoms with E-state index in [1.807, 2.05) is 36.4 Å². The van der Waals surface area contributed by atoms with Crippen LogP contribution in [0.3, 0.4) is 0 Å². The number of ketones is 1. The van der Waals surface area contributed by atoms with Crippen LogP contribution in [0.4, 0.5) is 0 Å². The van der Waals surface area contributed by atoms with Crippen molar-refractivity contribution in [3.8, 4) is 0 Å². The van der Waals surface area contributed by atoms with Gasteiger partial charge in [0.2, 0.25) is 5.91 Å². The van der Waals surface area contributed by atoms with Crippen molar-refractivity contribution in [2.75, 3.05) is 13.1 Å². The third-order valence-electron chi connectivity index (χ3n) is 7.47. The fourth-order valence-electron chi connectivity index (χ4n) is 5.59. The number of hydrogen-bond donors (Lipinski definition) is 3. The lowest BCUT2D eigenvalue weighted by Crippen LogP contribution is -2.50. The van der Waals surface area contributed by atoms with Crippen molar-refractivity contribution in [3.05, 3.63) is 70.8 Å². The topological polar surface area (TPSA) is 127 Å². The summed E-state index contributed by atoms with van der Waals surface area (Å²) in [6, 6.07) is 14.8. The zero-order valence-corrected chi connectivity index (χ0v) is 20.1. The summed E-state index contributed by atoms with van der Waals surface area (Å²) in [7, 11) is 0. The number of aryl methyl sites for hydroxylation is 1. The van der Waals surface area contributed by atoms with E-state index in [2.05, 4.69) is 12.1 Å². The van der Waals surface area contributed by atoms with E-state index < -0.39 is 24.0 Å². The predicted octanol–water partition coefficient (Wildman–Crippen LogP) is 2.12. The van der Waals surface area contributed by atoms with Crippen molar-refractivity contribution in [1.29, 1.82) is 0 Å². The molecule has 4 atom stereocenters. The van der Waals surface area contributed by atoms with Crippen molar-refractivity contribution in [2.24, 2.45) is 23.3 Å². The van der Waals surface area contributed by atoms with Crippen LogP contribution >= 0.6 is 0 Å². The van der Waals surface area contributed by atoms with Crippen LogP contribution in [0.5, 0.6) is 0 Å². The summed E-state index contributed by atoms with van der Waals surface area (Å²) in [5.41, 5.74) is 16.9. The Kier molecular flexibility index (Phi) is 7.98. The Balaban J connectivity index is 1.42. The normalized spacial score (nSPS) is 22.3. The van der Waals surface area contributed by atoms with Gasteiger partial charge in [-0.25, -0.2) is 0 Å². The van der Waals surface area contributed by atoms with Crippen LogP contribution in [0.25, 0.3) is 0 Å². The molecule has 2 aromatic carbocycles. The lowest BCUT2D eigenvalue weighted by Gasteiger charge is -2.29. The highest BCUT2D eigenvalue weighted by Gasteiger charge is 2.44. The number of carboxylic acid groups (broad SMARTS) is 1. The van der Waals surface area contributed by atoms with Crippen LogP contribution in [0.1, 0.15) is 41.5 Å². The quantitative estimate of drug-likeness (QED) is 0.455. The Morgan fingerprint density at radius 3 is 2.51 bits per heavy atom. The summed E-state index contributed by atoms with van der Waals surface area (Å²) in [4.78, 5) is 39.2. The number of carbonyl (C=O) groups is 3. The molecule has 7 heteroatoms. The van der Waals surface area contributed by atoms with Gasteiger partial charge in [0.05, 0.1) is 24.4 Å². The SMILES string of the molecule is NCC1Cc2ccc(CC(=O)C(N)[C@@H]3C[C@@H](CC(=O)O)C(=O)N3CCCc3ccccc3)cc2C1. The highest BCUT2D eigenvalue weighted by molar-refractivity contribution is 5.90. The summed E-state index contributed by atoms with van der Waals surface area (Å²) in [5.74, 6) is -1.53. The Bertz CT molecular complexity index is 1070. The third kappa shape index (κ3) is 5.97. The van der Waals surface area contributed by atoms with Crippen LogP contribution in [0.2, 0.25) is 0 Å². The van der Waals surface area contributed by atoms with Gasteiger partial charge in [-0.2, -0.15) is 0 Å². The number of nitrogens with two attached hydrogens (primary N) is 2. The number of nitrogens with zero attached hydrogens (tertiary/aromatic N) is 1. The molecule has 0 aromatic heterocycles. The minimum absolute atomic E-state index is 0.125. The Morgan fingerprint density at radius 2 is 1.80 bits per heavy atom. The highest BCUT2D eigenvalue weighted by Crippen LogP contribution is 2.31. The average molecular weight is 478 g/mol. The van der Waals surface area contributed by atoms with Gasteiger partial charge >= 0.3 is 5.97 Å². The van der Waals surface area contributed by atoms with Gasteiger partial charge in [-0.3, -0.25) is 14.4 Å². The molecule has 1 fully saturated rings.